The SMILES string of the molecule is Nc1ncc(-c2cccc3ccccc23)s1. The molecular weight excluding hydrogens is 216 g/mol. The maximum atomic E-state index is 5.67. The molecule has 0 atom stereocenters. The van der Waals surface area contributed by atoms with Crippen LogP contribution in [0, 0.1) is 0 Å². The molecule has 2 nitrogen and oxygen atoms in total. The zero-order valence-electron chi connectivity index (χ0n) is 8.55. The smallest absolute Gasteiger partial charge is 0.180 e. The quantitative estimate of drug-likeness (QED) is 0.689. The van der Waals surface area contributed by atoms with Gasteiger partial charge in [-0.25, -0.2) is 4.98 Å². The van der Waals surface area contributed by atoms with Crippen LogP contribution >= 0.6 is 11.3 Å². The number of nitrogens with two attached hydrogens (primary N) is 1. The maximum absolute atomic E-state index is 5.67. The molecule has 0 bridgehead atoms. The summed E-state index contributed by atoms with van der Waals surface area (Å²) in [6, 6.07) is 14.6. The number of nitrogens with zero attached hydrogens (tertiary/aromatic N) is 1. The predicted octanol–water partition coefficient (Wildman–Crippen LogP) is 3.55. The number of anilines is 1. The van der Waals surface area contributed by atoms with Gasteiger partial charge in [0.05, 0.1) is 4.88 Å². The summed E-state index contributed by atoms with van der Waals surface area (Å²) in [5.74, 6) is 0. The Labute approximate surface area is 97.4 Å². The van der Waals surface area contributed by atoms with Crippen molar-refractivity contribution in [1.82, 2.24) is 4.98 Å². The van der Waals surface area contributed by atoms with Gasteiger partial charge >= 0.3 is 0 Å². The van der Waals surface area contributed by atoms with Crippen molar-refractivity contribution in [1.29, 1.82) is 0 Å². The normalized spacial score (nSPS) is 10.8. The van der Waals surface area contributed by atoms with Crippen LogP contribution < -0.4 is 5.73 Å². The monoisotopic (exact) mass is 226 g/mol. The second kappa shape index (κ2) is 3.61. The van der Waals surface area contributed by atoms with Crippen molar-refractivity contribution in [2.75, 3.05) is 5.73 Å². The van der Waals surface area contributed by atoms with E-state index in [0.717, 1.165) is 4.88 Å². The summed E-state index contributed by atoms with van der Waals surface area (Å²) in [5.41, 5.74) is 6.87. The molecule has 0 unspecified atom stereocenters. The Balaban J connectivity index is 2.31. The second-order valence-electron chi connectivity index (χ2n) is 3.59. The summed E-state index contributed by atoms with van der Waals surface area (Å²) in [7, 11) is 0. The Kier molecular flexibility index (Phi) is 2.11. The molecule has 3 heteroatoms. The third-order valence-corrected chi connectivity index (χ3v) is 3.44. The lowest BCUT2D eigenvalue weighted by atomic mass is 10.0. The average Bonchev–Trinajstić information content (AvgIpc) is 2.75. The van der Waals surface area contributed by atoms with E-state index in [4.69, 9.17) is 5.73 Å². The fourth-order valence-electron chi connectivity index (χ4n) is 1.85. The second-order valence-corrected chi connectivity index (χ2v) is 4.65. The van der Waals surface area contributed by atoms with Crippen LogP contribution in [-0.4, -0.2) is 4.98 Å². The molecule has 0 saturated heterocycles. The lowest BCUT2D eigenvalue weighted by Crippen LogP contribution is -1.77. The minimum absolute atomic E-state index is 0.614. The summed E-state index contributed by atoms with van der Waals surface area (Å²) in [6.07, 6.45) is 1.84. The molecule has 0 aliphatic carbocycles. The van der Waals surface area contributed by atoms with E-state index in [2.05, 4.69) is 41.4 Å². The van der Waals surface area contributed by atoms with E-state index in [1.807, 2.05) is 12.3 Å². The van der Waals surface area contributed by atoms with Crippen LogP contribution in [0.4, 0.5) is 5.13 Å². The van der Waals surface area contributed by atoms with Crippen molar-refractivity contribution in [3.05, 3.63) is 48.7 Å². The lowest BCUT2D eigenvalue weighted by molar-refractivity contribution is 1.43. The number of benzene rings is 2. The van der Waals surface area contributed by atoms with Crippen LogP contribution in [0.15, 0.2) is 48.7 Å². The van der Waals surface area contributed by atoms with Gasteiger partial charge in [-0.3, -0.25) is 0 Å². The van der Waals surface area contributed by atoms with Crippen molar-refractivity contribution < 1.29 is 0 Å². The maximum Gasteiger partial charge on any atom is 0.180 e. The van der Waals surface area contributed by atoms with Crippen molar-refractivity contribution in [3.8, 4) is 10.4 Å². The molecule has 1 aromatic heterocycles. The number of rotatable bonds is 1. The molecule has 0 amide bonds. The molecule has 1 heterocycles. The van der Waals surface area contributed by atoms with Crippen molar-refractivity contribution in [3.63, 3.8) is 0 Å². The van der Waals surface area contributed by atoms with E-state index in [-0.39, 0.29) is 0 Å². The molecule has 0 spiro atoms. The highest BCUT2D eigenvalue weighted by atomic mass is 32.1. The van der Waals surface area contributed by atoms with Crippen molar-refractivity contribution in [2.24, 2.45) is 0 Å². The molecular formula is C13H10N2S. The van der Waals surface area contributed by atoms with E-state index < -0.39 is 0 Å². The van der Waals surface area contributed by atoms with Crippen LogP contribution in [0.25, 0.3) is 21.2 Å². The van der Waals surface area contributed by atoms with Crippen molar-refractivity contribution >= 4 is 27.2 Å². The number of thiazole rings is 1. The van der Waals surface area contributed by atoms with Crippen LogP contribution in [0.3, 0.4) is 0 Å². The third kappa shape index (κ3) is 1.46. The summed E-state index contributed by atoms with van der Waals surface area (Å²) >= 11 is 1.52. The highest BCUT2D eigenvalue weighted by Crippen LogP contribution is 2.32. The minimum atomic E-state index is 0.614. The van der Waals surface area contributed by atoms with Gasteiger partial charge in [0.25, 0.3) is 0 Å². The van der Waals surface area contributed by atoms with Gasteiger partial charge in [-0.15, -0.1) is 0 Å². The highest BCUT2D eigenvalue weighted by molar-refractivity contribution is 7.18. The number of nitrogen functional groups attached to an aromatic ring is 1. The summed E-state index contributed by atoms with van der Waals surface area (Å²) in [5, 5.41) is 3.10. The summed E-state index contributed by atoms with van der Waals surface area (Å²) < 4.78 is 0. The summed E-state index contributed by atoms with van der Waals surface area (Å²) in [6.45, 7) is 0. The topological polar surface area (TPSA) is 38.9 Å². The Morgan fingerprint density at radius 2 is 1.81 bits per heavy atom. The van der Waals surface area contributed by atoms with Gasteiger partial charge in [-0.1, -0.05) is 53.8 Å². The molecule has 78 valence electrons. The van der Waals surface area contributed by atoms with E-state index >= 15 is 0 Å². The minimum Gasteiger partial charge on any atom is -0.375 e. The summed E-state index contributed by atoms with van der Waals surface area (Å²) in [4.78, 5) is 5.22. The molecule has 0 aliphatic heterocycles. The van der Waals surface area contributed by atoms with Crippen LogP contribution in [0.2, 0.25) is 0 Å². The third-order valence-electron chi connectivity index (χ3n) is 2.58. The van der Waals surface area contributed by atoms with E-state index in [9.17, 15) is 0 Å². The van der Waals surface area contributed by atoms with Crippen LogP contribution in [-0.2, 0) is 0 Å². The van der Waals surface area contributed by atoms with Gasteiger partial charge in [0.1, 0.15) is 0 Å². The standard InChI is InChI=1S/C13H10N2S/c14-13-15-8-12(16-13)11-7-3-5-9-4-1-2-6-10(9)11/h1-8H,(H2,14,15). The zero-order valence-corrected chi connectivity index (χ0v) is 9.37. The first kappa shape index (κ1) is 9.36. The molecule has 16 heavy (non-hydrogen) atoms. The fraction of sp³-hybridized carbons (Fsp3) is 0. The number of fused-ring (bicyclic) bond motifs is 1. The zero-order chi connectivity index (χ0) is 11.0. The molecule has 0 fully saturated rings. The number of hydrogen-bond donors (Lipinski definition) is 1. The van der Waals surface area contributed by atoms with Crippen LogP contribution in [0.5, 0.6) is 0 Å². The Morgan fingerprint density at radius 3 is 2.62 bits per heavy atom. The Hall–Kier alpha value is -1.87. The van der Waals surface area contributed by atoms with E-state index in [1.54, 1.807) is 0 Å². The Bertz CT molecular complexity index is 638. The molecule has 2 aromatic carbocycles. The molecule has 3 aromatic rings. The van der Waals surface area contributed by atoms with Gasteiger partial charge < -0.3 is 5.73 Å². The lowest BCUT2D eigenvalue weighted by Gasteiger charge is -2.03. The first-order chi connectivity index (χ1) is 7.84. The number of aromatic nitrogens is 1. The van der Waals surface area contributed by atoms with Crippen molar-refractivity contribution in [2.45, 2.75) is 0 Å². The van der Waals surface area contributed by atoms with E-state index in [0.29, 0.717) is 5.13 Å². The first-order valence-corrected chi connectivity index (χ1v) is 5.86. The Morgan fingerprint density at radius 1 is 1.00 bits per heavy atom. The van der Waals surface area contributed by atoms with Gasteiger partial charge in [0.2, 0.25) is 0 Å². The van der Waals surface area contributed by atoms with E-state index in [1.165, 1.54) is 27.7 Å². The van der Waals surface area contributed by atoms with Gasteiger partial charge in [-0.2, -0.15) is 0 Å². The average molecular weight is 226 g/mol. The molecule has 3 rings (SSSR count). The van der Waals surface area contributed by atoms with Gasteiger partial charge in [0.15, 0.2) is 5.13 Å². The predicted molar refractivity (Wildman–Crippen MR) is 69.5 cm³/mol. The largest absolute Gasteiger partial charge is 0.375 e. The van der Waals surface area contributed by atoms with Crippen LogP contribution in [0.1, 0.15) is 0 Å². The molecule has 0 saturated carbocycles. The molecule has 0 aliphatic rings. The van der Waals surface area contributed by atoms with Gasteiger partial charge in [0, 0.05) is 11.8 Å². The van der Waals surface area contributed by atoms with Gasteiger partial charge in [-0.05, 0) is 10.8 Å². The molecule has 2 N–H and O–H groups in total. The highest BCUT2D eigenvalue weighted by Gasteiger charge is 2.05. The fourth-order valence-corrected chi connectivity index (χ4v) is 2.58. The molecule has 0 radical (unpaired) electrons. The number of hydrogen-bond acceptors (Lipinski definition) is 3. The first-order valence-electron chi connectivity index (χ1n) is 5.04.